The van der Waals surface area contributed by atoms with E-state index in [0.717, 1.165) is 17.7 Å². The monoisotopic (exact) mass is 462 g/mol. The number of likely N-dealkylation sites (N-methyl/N-ethyl adjacent to an activating group) is 1. The number of aromatic nitrogens is 2. The maximum atomic E-state index is 13.2. The van der Waals surface area contributed by atoms with Gasteiger partial charge >= 0.3 is 0 Å². The first-order valence-electron chi connectivity index (χ1n) is 8.60. The first kappa shape index (κ1) is 20.7. The van der Waals surface area contributed by atoms with Gasteiger partial charge < -0.3 is 10.2 Å². The Balaban J connectivity index is 1.64. The van der Waals surface area contributed by atoms with Crippen molar-refractivity contribution >= 4 is 33.4 Å². The van der Waals surface area contributed by atoms with E-state index >= 15 is 0 Å². The Morgan fingerprint density at radius 1 is 1.14 bits per heavy atom. The molecule has 3 aromatic rings. The van der Waals surface area contributed by atoms with Crippen LogP contribution in [0.3, 0.4) is 0 Å². The van der Waals surface area contributed by atoms with Crippen molar-refractivity contribution < 1.29 is 18.4 Å². The molecule has 6 nitrogen and oxygen atoms in total. The average molecular weight is 463 g/mol. The molecule has 0 atom stereocenters. The summed E-state index contributed by atoms with van der Waals surface area (Å²) >= 11 is 3.38. The van der Waals surface area contributed by atoms with E-state index in [9.17, 15) is 18.4 Å². The summed E-state index contributed by atoms with van der Waals surface area (Å²) in [6, 6.07) is 12.3. The summed E-state index contributed by atoms with van der Waals surface area (Å²) in [6.45, 7) is 0.178. The van der Waals surface area contributed by atoms with E-state index in [4.69, 9.17) is 0 Å². The predicted octanol–water partition coefficient (Wildman–Crippen LogP) is 3.68. The lowest BCUT2D eigenvalue weighted by molar-refractivity contribution is -0.116. The van der Waals surface area contributed by atoms with Crippen LogP contribution in [0.25, 0.3) is 0 Å². The molecule has 0 bridgehead atoms. The summed E-state index contributed by atoms with van der Waals surface area (Å²) in [5, 5.41) is 6.59. The number of benzene rings is 2. The third-order valence-corrected chi connectivity index (χ3v) is 4.89. The van der Waals surface area contributed by atoms with Gasteiger partial charge in [-0.3, -0.25) is 14.3 Å². The number of amides is 2. The van der Waals surface area contributed by atoms with Crippen molar-refractivity contribution in [1.29, 1.82) is 0 Å². The zero-order chi connectivity index (χ0) is 21.0. The second-order valence-electron chi connectivity index (χ2n) is 6.36. The Morgan fingerprint density at radius 2 is 1.79 bits per heavy atom. The number of rotatable bonds is 6. The summed E-state index contributed by atoms with van der Waals surface area (Å²) < 4.78 is 28.6. The van der Waals surface area contributed by atoms with Gasteiger partial charge in [0, 0.05) is 18.8 Å². The Labute approximate surface area is 174 Å². The van der Waals surface area contributed by atoms with Crippen molar-refractivity contribution in [3.05, 3.63) is 82.1 Å². The number of anilines is 1. The highest BCUT2D eigenvalue weighted by molar-refractivity contribution is 9.10. The van der Waals surface area contributed by atoms with Crippen molar-refractivity contribution in [2.75, 3.05) is 18.9 Å². The Morgan fingerprint density at radius 3 is 2.45 bits per heavy atom. The third kappa shape index (κ3) is 5.26. The van der Waals surface area contributed by atoms with E-state index in [0.29, 0.717) is 22.8 Å². The minimum Gasteiger partial charge on any atom is -0.332 e. The molecule has 1 heterocycles. The second kappa shape index (κ2) is 8.95. The highest BCUT2D eigenvalue weighted by Crippen LogP contribution is 2.19. The Bertz CT molecular complexity index is 1020. The number of nitrogens with one attached hydrogen (secondary N) is 1. The molecule has 0 fully saturated rings. The minimum atomic E-state index is -0.806. The number of nitrogens with zero attached hydrogens (tertiary/aromatic N) is 3. The van der Waals surface area contributed by atoms with Gasteiger partial charge in [-0.1, -0.05) is 30.3 Å². The summed E-state index contributed by atoms with van der Waals surface area (Å²) in [5.74, 6) is -2.62. The predicted molar refractivity (Wildman–Crippen MR) is 107 cm³/mol. The second-order valence-corrected chi connectivity index (χ2v) is 7.11. The maximum Gasteiger partial charge on any atom is 0.258 e. The van der Waals surface area contributed by atoms with Gasteiger partial charge in [-0.25, -0.2) is 8.78 Å². The van der Waals surface area contributed by atoms with Gasteiger partial charge in [-0.2, -0.15) is 5.10 Å². The Kier molecular flexibility index (Phi) is 6.38. The molecule has 2 amide bonds. The SMILES string of the molecule is CN(CC(=O)Nc1cc(F)cc(F)c1)C(=O)c1cnn(Cc2ccccc2)c1Br. The fourth-order valence-corrected chi connectivity index (χ4v) is 3.19. The molecular formula is C20H17BrF2N4O2. The lowest BCUT2D eigenvalue weighted by Crippen LogP contribution is -2.35. The molecule has 0 aliphatic carbocycles. The number of halogens is 3. The van der Waals surface area contributed by atoms with E-state index < -0.39 is 23.4 Å². The first-order valence-corrected chi connectivity index (χ1v) is 9.39. The van der Waals surface area contributed by atoms with Gasteiger partial charge in [0.1, 0.15) is 16.2 Å². The van der Waals surface area contributed by atoms with Crippen LogP contribution in [0, 0.1) is 11.6 Å². The molecule has 2 aromatic carbocycles. The first-order chi connectivity index (χ1) is 13.8. The highest BCUT2D eigenvalue weighted by Gasteiger charge is 2.21. The summed E-state index contributed by atoms with van der Waals surface area (Å²) in [5.41, 5.74) is 1.29. The molecule has 0 unspecified atom stereocenters. The van der Waals surface area contributed by atoms with Crippen LogP contribution in [-0.2, 0) is 11.3 Å². The number of carbonyl (C=O) groups excluding carboxylic acids is 2. The standard InChI is InChI=1S/C20H17BrF2N4O2/c1-26(12-18(28)25-16-8-14(22)7-15(23)9-16)20(29)17-10-24-27(19(17)21)11-13-5-3-2-4-6-13/h2-10H,11-12H2,1H3,(H,25,28). The van der Waals surface area contributed by atoms with Gasteiger partial charge in [0.15, 0.2) is 0 Å². The van der Waals surface area contributed by atoms with Crippen molar-refractivity contribution in [1.82, 2.24) is 14.7 Å². The van der Waals surface area contributed by atoms with Gasteiger partial charge in [0.05, 0.1) is 24.8 Å². The van der Waals surface area contributed by atoms with Crippen LogP contribution < -0.4 is 5.32 Å². The van der Waals surface area contributed by atoms with Crippen molar-refractivity contribution in [2.45, 2.75) is 6.54 Å². The molecule has 0 radical (unpaired) electrons. The smallest absolute Gasteiger partial charge is 0.258 e. The van der Waals surface area contributed by atoms with Crippen molar-refractivity contribution in [3.63, 3.8) is 0 Å². The van der Waals surface area contributed by atoms with Crippen LogP contribution in [0.4, 0.5) is 14.5 Å². The van der Waals surface area contributed by atoms with Gasteiger partial charge in [0.2, 0.25) is 5.91 Å². The average Bonchev–Trinajstić information content (AvgIpc) is 3.01. The maximum absolute atomic E-state index is 13.2. The zero-order valence-corrected chi connectivity index (χ0v) is 17.0. The molecule has 1 N–H and O–H groups in total. The van der Waals surface area contributed by atoms with Crippen molar-refractivity contribution in [3.8, 4) is 0 Å². The van der Waals surface area contributed by atoms with Gasteiger partial charge in [-0.05, 0) is 33.6 Å². The molecule has 0 spiro atoms. The van der Waals surface area contributed by atoms with Crippen LogP contribution >= 0.6 is 15.9 Å². The van der Waals surface area contributed by atoms with E-state index in [1.54, 1.807) is 4.68 Å². The Hall–Kier alpha value is -3.07. The largest absolute Gasteiger partial charge is 0.332 e. The molecule has 150 valence electrons. The summed E-state index contributed by atoms with van der Waals surface area (Å²) in [6.07, 6.45) is 1.42. The number of carbonyl (C=O) groups is 2. The topological polar surface area (TPSA) is 67.2 Å². The molecule has 0 saturated heterocycles. The minimum absolute atomic E-state index is 0.0230. The lowest BCUT2D eigenvalue weighted by atomic mass is 10.2. The molecule has 0 aliphatic heterocycles. The van der Waals surface area contributed by atoms with Gasteiger partial charge in [-0.15, -0.1) is 0 Å². The molecule has 0 aliphatic rings. The molecule has 0 saturated carbocycles. The van der Waals surface area contributed by atoms with E-state index in [1.807, 2.05) is 30.3 Å². The fourth-order valence-electron chi connectivity index (χ4n) is 2.70. The van der Waals surface area contributed by atoms with Crippen LogP contribution in [0.5, 0.6) is 0 Å². The zero-order valence-electron chi connectivity index (χ0n) is 15.4. The molecule has 3 rings (SSSR count). The van der Waals surface area contributed by atoms with E-state index in [-0.39, 0.29) is 12.2 Å². The summed E-state index contributed by atoms with van der Waals surface area (Å²) in [4.78, 5) is 26.0. The molecule has 1 aromatic heterocycles. The third-order valence-electron chi connectivity index (χ3n) is 4.05. The molecule has 9 heteroatoms. The quantitative estimate of drug-likeness (QED) is 0.607. The van der Waals surface area contributed by atoms with Gasteiger partial charge in [0.25, 0.3) is 5.91 Å². The molecular weight excluding hydrogens is 446 g/mol. The van der Waals surface area contributed by atoms with Crippen LogP contribution in [0.2, 0.25) is 0 Å². The highest BCUT2D eigenvalue weighted by atomic mass is 79.9. The molecule has 29 heavy (non-hydrogen) atoms. The van der Waals surface area contributed by atoms with Crippen LogP contribution in [0.1, 0.15) is 15.9 Å². The van der Waals surface area contributed by atoms with Crippen LogP contribution in [-0.4, -0.2) is 40.1 Å². The normalized spacial score (nSPS) is 10.6. The number of hydrogen-bond acceptors (Lipinski definition) is 3. The fraction of sp³-hybridized carbons (Fsp3) is 0.150. The lowest BCUT2D eigenvalue weighted by Gasteiger charge is -2.16. The van der Waals surface area contributed by atoms with Crippen LogP contribution in [0.15, 0.2) is 59.3 Å². The van der Waals surface area contributed by atoms with Crippen molar-refractivity contribution in [2.24, 2.45) is 0 Å². The van der Waals surface area contributed by atoms with E-state index in [2.05, 4.69) is 26.3 Å². The summed E-state index contributed by atoms with van der Waals surface area (Å²) in [7, 11) is 1.45. The number of hydrogen-bond donors (Lipinski definition) is 1. The van der Waals surface area contributed by atoms with E-state index in [1.165, 1.54) is 18.1 Å².